The smallest absolute Gasteiger partial charge is 0.120 e. The fourth-order valence-electron chi connectivity index (χ4n) is 3.56. The molecular weight excluding hydrogens is 236 g/mol. The van der Waals surface area contributed by atoms with E-state index in [0.29, 0.717) is 6.10 Å². The van der Waals surface area contributed by atoms with E-state index >= 15 is 0 Å². The molecule has 3 rings (SSSR count). The lowest BCUT2D eigenvalue weighted by Gasteiger charge is -2.29. The Labute approximate surface area is 115 Å². The van der Waals surface area contributed by atoms with Crippen LogP contribution in [0.5, 0.6) is 5.75 Å². The van der Waals surface area contributed by atoms with Gasteiger partial charge < -0.3 is 9.84 Å². The zero-order valence-electron chi connectivity index (χ0n) is 11.8. The first-order valence-electron chi connectivity index (χ1n) is 7.73. The largest absolute Gasteiger partial charge is 0.490 e. The number of benzene rings is 1. The third-order valence-electron chi connectivity index (χ3n) is 4.78. The Morgan fingerprint density at radius 3 is 3.00 bits per heavy atom. The minimum absolute atomic E-state index is 0.261. The second-order valence-corrected chi connectivity index (χ2v) is 6.10. The van der Waals surface area contributed by atoms with Crippen LogP contribution in [0, 0.1) is 5.92 Å². The molecule has 0 amide bonds. The maximum atomic E-state index is 9.82. The van der Waals surface area contributed by atoms with Crippen LogP contribution in [0.4, 0.5) is 0 Å². The van der Waals surface area contributed by atoms with Gasteiger partial charge in [-0.25, -0.2) is 0 Å². The number of aryl methyl sites for hydroxylation is 1. The van der Waals surface area contributed by atoms with Crippen LogP contribution in [0.3, 0.4) is 0 Å². The Morgan fingerprint density at radius 1 is 1.26 bits per heavy atom. The molecule has 3 atom stereocenters. The Morgan fingerprint density at radius 2 is 2.16 bits per heavy atom. The topological polar surface area (TPSA) is 29.5 Å². The highest BCUT2D eigenvalue weighted by molar-refractivity contribution is 5.39. The van der Waals surface area contributed by atoms with Crippen LogP contribution >= 0.6 is 0 Å². The Hall–Kier alpha value is -1.02. The lowest BCUT2D eigenvalue weighted by Crippen LogP contribution is -2.25. The fraction of sp³-hybridized carbons (Fsp3) is 0.647. The molecule has 0 aromatic heterocycles. The summed E-state index contributed by atoms with van der Waals surface area (Å²) in [5.41, 5.74) is 2.37. The molecule has 19 heavy (non-hydrogen) atoms. The minimum atomic E-state index is -0.261. The normalized spacial score (nSPS) is 30.1. The van der Waals surface area contributed by atoms with Gasteiger partial charge in [-0.3, -0.25) is 0 Å². The van der Waals surface area contributed by atoms with E-state index in [4.69, 9.17) is 4.74 Å². The average molecular weight is 260 g/mol. The van der Waals surface area contributed by atoms with Crippen molar-refractivity contribution in [1.29, 1.82) is 0 Å². The van der Waals surface area contributed by atoms with E-state index in [-0.39, 0.29) is 6.10 Å². The van der Waals surface area contributed by atoms with Gasteiger partial charge in [0.05, 0.1) is 12.2 Å². The van der Waals surface area contributed by atoms with E-state index < -0.39 is 0 Å². The van der Waals surface area contributed by atoms with Crippen LogP contribution in [-0.4, -0.2) is 11.2 Å². The predicted molar refractivity (Wildman–Crippen MR) is 76.4 cm³/mol. The molecule has 0 heterocycles. The van der Waals surface area contributed by atoms with Crippen LogP contribution in [0.15, 0.2) is 18.2 Å². The second-order valence-electron chi connectivity index (χ2n) is 6.10. The lowest BCUT2D eigenvalue weighted by molar-refractivity contribution is 0.122. The van der Waals surface area contributed by atoms with Crippen molar-refractivity contribution in [2.24, 2.45) is 5.92 Å². The van der Waals surface area contributed by atoms with Crippen LogP contribution < -0.4 is 4.74 Å². The summed E-state index contributed by atoms with van der Waals surface area (Å²) in [6.45, 7) is 2.28. The molecule has 0 saturated heterocycles. The number of aliphatic hydroxyl groups is 1. The summed E-state index contributed by atoms with van der Waals surface area (Å²) in [5, 5.41) is 9.82. The molecule has 3 unspecified atom stereocenters. The van der Waals surface area contributed by atoms with E-state index in [9.17, 15) is 5.11 Å². The fourth-order valence-corrected chi connectivity index (χ4v) is 3.56. The molecule has 2 heteroatoms. The number of ether oxygens (including phenoxy) is 1. The maximum absolute atomic E-state index is 9.82. The molecule has 0 radical (unpaired) electrons. The third kappa shape index (κ3) is 2.79. The Balaban J connectivity index is 1.67. The van der Waals surface area contributed by atoms with Gasteiger partial charge in [0.25, 0.3) is 0 Å². The Bertz CT molecular complexity index is 441. The summed E-state index contributed by atoms with van der Waals surface area (Å²) in [6.07, 6.45) is 8.31. The molecule has 1 aromatic carbocycles. The lowest BCUT2D eigenvalue weighted by atomic mass is 9.85. The molecule has 1 saturated carbocycles. The van der Waals surface area contributed by atoms with Gasteiger partial charge in [-0.1, -0.05) is 25.8 Å². The molecule has 2 nitrogen and oxygen atoms in total. The molecule has 0 aliphatic heterocycles. The van der Waals surface area contributed by atoms with E-state index in [1.54, 1.807) is 0 Å². The molecular formula is C17H24O2. The SMILES string of the molecule is CCC1CCCC(Oc2ccc3c(c2)CCC3O)C1. The van der Waals surface area contributed by atoms with Gasteiger partial charge in [0.15, 0.2) is 0 Å². The van der Waals surface area contributed by atoms with Gasteiger partial charge in [-0.15, -0.1) is 0 Å². The van der Waals surface area contributed by atoms with E-state index in [1.807, 2.05) is 12.1 Å². The summed E-state index contributed by atoms with van der Waals surface area (Å²) in [5.74, 6) is 1.84. The average Bonchev–Trinajstić information content (AvgIpc) is 2.80. The maximum Gasteiger partial charge on any atom is 0.120 e. The molecule has 0 spiro atoms. The highest BCUT2D eigenvalue weighted by Crippen LogP contribution is 2.35. The third-order valence-corrected chi connectivity index (χ3v) is 4.78. The molecule has 1 N–H and O–H groups in total. The van der Waals surface area contributed by atoms with Crippen molar-refractivity contribution < 1.29 is 9.84 Å². The molecule has 104 valence electrons. The van der Waals surface area contributed by atoms with Crippen molar-refractivity contribution in [2.75, 3.05) is 0 Å². The zero-order valence-corrected chi connectivity index (χ0v) is 11.8. The van der Waals surface area contributed by atoms with Crippen LogP contribution in [0.1, 0.15) is 62.7 Å². The van der Waals surface area contributed by atoms with Gasteiger partial charge in [-0.2, -0.15) is 0 Å². The first kappa shape index (κ1) is 13.0. The summed E-state index contributed by atoms with van der Waals surface area (Å²) >= 11 is 0. The number of fused-ring (bicyclic) bond motifs is 1. The molecule has 2 aliphatic rings. The molecule has 2 aliphatic carbocycles. The number of aliphatic hydroxyl groups excluding tert-OH is 1. The first-order valence-corrected chi connectivity index (χ1v) is 7.73. The van der Waals surface area contributed by atoms with Crippen LogP contribution in [-0.2, 0) is 6.42 Å². The zero-order chi connectivity index (χ0) is 13.2. The van der Waals surface area contributed by atoms with Crippen LogP contribution in [0.2, 0.25) is 0 Å². The van der Waals surface area contributed by atoms with Crippen molar-refractivity contribution in [3.8, 4) is 5.75 Å². The molecule has 1 fully saturated rings. The summed E-state index contributed by atoms with van der Waals surface area (Å²) < 4.78 is 6.17. The van der Waals surface area contributed by atoms with Crippen molar-refractivity contribution in [3.05, 3.63) is 29.3 Å². The van der Waals surface area contributed by atoms with Gasteiger partial charge in [0.2, 0.25) is 0 Å². The Kier molecular flexibility index (Phi) is 3.79. The number of hydrogen-bond acceptors (Lipinski definition) is 2. The van der Waals surface area contributed by atoms with Crippen LogP contribution in [0.25, 0.3) is 0 Å². The van der Waals surface area contributed by atoms with E-state index in [1.165, 1.54) is 37.7 Å². The van der Waals surface area contributed by atoms with Gasteiger partial charge in [0, 0.05) is 0 Å². The van der Waals surface area contributed by atoms with Crippen molar-refractivity contribution in [2.45, 2.75) is 64.1 Å². The summed E-state index contributed by atoms with van der Waals surface area (Å²) in [6, 6.07) is 6.21. The van der Waals surface area contributed by atoms with E-state index in [2.05, 4.69) is 13.0 Å². The second kappa shape index (κ2) is 5.54. The highest BCUT2D eigenvalue weighted by Gasteiger charge is 2.24. The number of rotatable bonds is 3. The minimum Gasteiger partial charge on any atom is -0.490 e. The van der Waals surface area contributed by atoms with Crippen molar-refractivity contribution in [3.63, 3.8) is 0 Å². The predicted octanol–water partition coefficient (Wildman–Crippen LogP) is 4.01. The van der Waals surface area contributed by atoms with Gasteiger partial charge >= 0.3 is 0 Å². The summed E-state index contributed by atoms with van der Waals surface area (Å²) in [4.78, 5) is 0. The van der Waals surface area contributed by atoms with Crippen molar-refractivity contribution in [1.82, 2.24) is 0 Å². The molecule has 1 aromatic rings. The van der Waals surface area contributed by atoms with Crippen molar-refractivity contribution >= 4 is 0 Å². The standard InChI is InChI=1S/C17H24O2/c1-2-12-4-3-5-14(10-12)19-15-7-8-16-13(11-15)6-9-17(16)18/h7-8,11-12,14,17-18H,2-6,9-10H2,1H3. The summed E-state index contributed by atoms with van der Waals surface area (Å²) in [7, 11) is 0. The highest BCUT2D eigenvalue weighted by atomic mass is 16.5. The van der Waals surface area contributed by atoms with E-state index in [0.717, 1.165) is 30.1 Å². The van der Waals surface area contributed by atoms with Gasteiger partial charge in [-0.05, 0) is 61.3 Å². The number of hydrogen-bond donors (Lipinski definition) is 1. The quantitative estimate of drug-likeness (QED) is 0.889. The monoisotopic (exact) mass is 260 g/mol. The first-order chi connectivity index (χ1) is 9.26. The molecule has 0 bridgehead atoms. The van der Waals surface area contributed by atoms with Gasteiger partial charge in [0.1, 0.15) is 5.75 Å².